The zero-order chi connectivity index (χ0) is 16.3. The second kappa shape index (κ2) is 4.47. The highest BCUT2D eigenvalue weighted by Crippen LogP contribution is 2.33. The van der Waals surface area contributed by atoms with Gasteiger partial charge in [0.15, 0.2) is 0 Å². The molecule has 0 bridgehead atoms. The van der Waals surface area contributed by atoms with Crippen LogP contribution >= 0.6 is 11.6 Å². The zero-order valence-electron chi connectivity index (χ0n) is 11.3. The van der Waals surface area contributed by atoms with Crippen LogP contribution in [0.1, 0.15) is 32.1 Å². The molecule has 0 aliphatic heterocycles. The van der Waals surface area contributed by atoms with E-state index < -0.39 is 22.2 Å². The van der Waals surface area contributed by atoms with Crippen molar-refractivity contribution in [3.05, 3.63) is 74.2 Å². The number of halogens is 1. The molecular formula is C15H6ClN3O4. The lowest BCUT2D eigenvalue weighted by atomic mass is 9.89. The molecule has 0 saturated carbocycles. The van der Waals surface area contributed by atoms with E-state index in [0.717, 1.165) is 0 Å². The Morgan fingerprint density at radius 2 is 1.91 bits per heavy atom. The molecule has 0 N–H and O–H groups in total. The van der Waals surface area contributed by atoms with Crippen LogP contribution in [0, 0.1) is 10.1 Å². The molecule has 0 radical (unpaired) electrons. The maximum atomic E-state index is 12.7. The summed E-state index contributed by atoms with van der Waals surface area (Å²) in [7, 11) is 0. The lowest BCUT2D eigenvalue weighted by Crippen LogP contribution is -2.23. The Bertz CT molecular complexity index is 1050. The third-order valence-electron chi connectivity index (χ3n) is 3.72. The lowest BCUT2D eigenvalue weighted by molar-refractivity contribution is -0.385. The van der Waals surface area contributed by atoms with Gasteiger partial charge in [-0.05, 0) is 18.2 Å². The first-order valence-electron chi connectivity index (χ1n) is 6.53. The van der Waals surface area contributed by atoms with Crippen molar-refractivity contribution in [3.8, 4) is 0 Å². The van der Waals surface area contributed by atoms with Gasteiger partial charge in [0.1, 0.15) is 22.6 Å². The van der Waals surface area contributed by atoms with E-state index in [9.17, 15) is 19.7 Å². The van der Waals surface area contributed by atoms with Gasteiger partial charge >= 0.3 is 0 Å². The normalized spacial score (nSPS) is 13.1. The predicted molar refractivity (Wildman–Crippen MR) is 80.2 cm³/mol. The summed E-state index contributed by atoms with van der Waals surface area (Å²) in [6.45, 7) is 0. The Morgan fingerprint density at radius 1 is 1.13 bits per heavy atom. The van der Waals surface area contributed by atoms with E-state index in [1.807, 2.05) is 0 Å². The Labute approximate surface area is 133 Å². The number of hydrogen-bond acceptors (Lipinski definition) is 5. The van der Waals surface area contributed by atoms with Crippen LogP contribution in [0.15, 0.2) is 36.5 Å². The highest BCUT2D eigenvalue weighted by molar-refractivity contribution is 6.31. The molecule has 8 heteroatoms. The fraction of sp³-hybridized carbons (Fsp3) is 0. The van der Waals surface area contributed by atoms with Crippen molar-refractivity contribution in [2.75, 3.05) is 0 Å². The number of nitrogens with zero attached hydrogens (tertiary/aromatic N) is 3. The van der Waals surface area contributed by atoms with Gasteiger partial charge in [-0.2, -0.15) is 0 Å². The van der Waals surface area contributed by atoms with Gasteiger partial charge in [0.25, 0.3) is 5.69 Å². The minimum Gasteiger partial charge on any atom is -0.295 e. The summed E-state index contributed by atoms with van der Waals surface area (Å²) in [5, 5.41) is 11.5. The van der Waals surface area contributed by atoms with Gasteiger partial charge in [0.2, 0.25) is 11.6 Å². The molecule has 0 unspecified atom stereocenters. The molecule has 4 rings (SSSR count). The second-order valence-electron chi connectivity index (χ2n) is 5.00. The van der Waals surface area contributed by atoms with Crippen molar-refractivity contribution in [1.29, 1.82) is 0 Å². The number of pyridine rings is 1. The molecule has 7 nitrogen and oxygen atoms in total. The number of carbonyl (C=O) groups is 2. The van der Waals surface area contributed by atoms with Crippen molar-refractivity contribution >= 4 is 34.5 Å². The first kappa shape index (κ1) is 13.6. The Morgan fingerprint density at radius 3 is 2.65 bits per heavy atom. The van der Waals surface area contributed by atoms with Crippen molar-refractivity contribution in [2.45, 2.75) is 0 Å². The maximum Gasteiger partial charge on any atom is 0.281 e. The molecule has 2 aromatic heterocycles. The number of imidazole rings is 1. The Kier molecular flexibility index (Phi) is 2.64. The number of fused-ring (bicyclic) bond motifs is 4. The Hall–Kier alpha value is -3.06. The van der Waals surface area contributed by atoms with Gasteiger partial charge < -0.3 is 0 Å². The minimum atomic E-state index is -0.679. The van der Waals surface area contributed by atoms with Gasteiger partial charge in [0, 0.05) is 17.8 Å². The van der Waals surface area contributed by atoms with Crippen molar-refractivity contribution in [3.63, 3.8) is 0 Å². The van der Waals surface area contributed by atoms with Crippen LogP contribution in [0.2, 0.25) is 5.02 Å². The number of nitro groups is 1. The van der Waals surface area contributed by atoms with Crippen LogP contribution in [0.5, 0.6) is 0 Å². The van der Waals surface area contributed by atoms with Gasteiger partial charge in [-0.3, -0.25) is 24.1 Å². The van der Waals surface area contributed by atoms with Crippen LogP contribution in [-0.4, -0.2) is 25.9 Å². The molecule has 3 aromatic rings. The standard InChI is InChI=1S/C15H6ClN3O4/c16-7-4-5-10-17-12-13(18(10)6-7)14(20)8-2-1-3-9(19(22)23)11(8)15(12)21/h1-6H. The Balaban J connectivity index is 2.09. The molecular weight excluding hydrogens is 322 g/mol. The number of ketones is 2. The van der Waals surface area contributed by atoms with E-state index in [-0.39, 0.29) is 22.5 Å². The van der Waals surface area contributed by atoms with Gasteiger partial charge in [-0.1, -0.05) is 17.7 Å². The average Bonchev–Trinajstić information content (AvgIpc) is 2.90. The number of hydrogen-bond donors (Lipinski definition) is 0. The lowest BCUT2D eigenvalue weighted by Gasteiger charge is -2.13. The number of aromatic nitrogens is 2. The molecule has 2 heterocycles. The summed E-state index contributed by atoms with van der Waals surface area (Å²) >= 11 is 5.94. The molecule has 0 saturated heterocycles. The van der Waals surface area contributed by atoms with E-state index in [1.54, 1.807) is 12.1 Å². The highest BCUT2D eigenvalue weighted by atomic mass is 35.5. The predicted octanol–water partition coefficient (Wildman–Crippen LogP) is 2.67. The fourth-order valence-electron chi connectivity index (χ4n) is 2.76. The van der Waals surface area contributed by atoms with Crippen LogP contribution < -0.4 is 0 Å². The molecule has 0 atom stereocenters. The van der Waals surface area contributed by atoms with Crippen molar-refractivity contribution < 1.29 is 14.5 Å². The number of rotatable bonds is 1. The van der Waals surface area contributed by atoms with Gasteiger partial charge in [0.05, 0.1) is 9.95 Å². The summed E-state index contributed by atoms with van der Waals surface area (Å²) in [5.74, 6) is -1.13. The van der Waals surface area contributed by atoms with Gasteiger partial charge in [-0.15, -0.1) is 0 Å². The first-order chi connectivity index (χ1) is 11.0. The third-order valence-corrected chi connectivity index (χ3v) is 3.95. The zero-order valence-corrected chi connectivity index (χ0v) is 12.1. The van der Waals surface area contributed by atoms with Crippen LogP contribution in [-0.2, 0) is 0 Å². The molecule has 0 fully saturated rings. The molecule has 23 heavy (non-hydrogen) atoms. The SMILES string of the molecule is O=C1c2nc3ccc(Cl)cn3c2C(=O)c2cccc([N+](=O)[O-])c21. The highest BCUT2D eigenvalue weighted by Gasteiger charge is 2.38. The van der Waals surface area contributed by atoms with E-state index in [1.165, 1.54) is 28.8 Å². The van der Waals surface area contributed by atoms with Crippen molar-refractivity contribution in [2.24, 2.45) is 0 Å². The molecule has 112 valence electrons. The molecule has 1 aromatic carbocycles. The van der Waals surface area contributed by atoms with E-state index in [2.05, 4.69) is 4.98 Å². The molecule has 1 aliphatic rings. The second-order valence-corrected chi connectivity index (χ2v) is 5.44. The largest absolute Gasteiger partial charge is 0.295 e. The summed E-state index contributed by atoms with van der Waals surface area (Å²) in [6.07, 6.45) is 1.48. The van der Waals surface area contributed by atoms with E-state index in [4.69, 9.17) is 11.6 Å². The number of benzene rings is 1. The smallest absolute Gasteiger partial charge is 0.281 e. The minimum absolute atomic E-state index is 0.00141. The summed E-state index contributed by atoms with van der Waals surface area (Å²) in [4.78, 5) is 40.0. The summed E-state index contributed by atoms with van der Waals surface area (Å²) in [5.41, 5.74) is -0.277. The number of nitro benzene ring substituents is 1. The van der Waals surface area contributed by atoms with Crippen LogP contribution in [0.4, 0.5) is 5.69 Å². The molecule has 0 spiro atoms. The monoisotopic (exact) mass is 327 g/mol. The van der Waals surface area contributed by atoms with Crippen molar-refractivity contribution in [1.82, 2.24) is 9.38 Å². The first-order valence-corrected chi connectivity index (χ1v) is 6.91. The average molecular weight is 328 g/mol. The van der Waals surface area contributed by atoms with E-state index in [0.29, 0.717) is 10.7 Å². The third kappa shape index (κ3) is 1.74. The topological polar surface area (TPSA) is 94.6 Å². The van der Waals surface area contributed by atoms with Gasteiger partial charge in [-0.25, -0.2) is 4.98 Å². The molecule has 0 amide bonds. The quantitative estimate of drug-likeness (QED) is 0.395. The van der Waals surface area contributed by atoms with E-state index >= 15 is 0 Å². The number of carbonyl (C=O) groups excluding carboxylic acids is 2. The fourth-order valence-corrected chi connectivity index (χ4v) is 2.92. The summed E-state index contributed by atoms with van der Waals surface area (Å²) < 4.78 is 1.43. The molecule has 1 aliphatic carbocycles. The van der Waals surface area contributed by atoms with Crippen LogP contribution in [0.3, 0.4) is 0 Å². The maximum absolute atomic E-state index is 12.7. The van der Waals surface area contributed by atoms with Crippen LogP contribution in [0.25, 0.3) is 5.65 Å². The summed E-state index contributed by atoms with van der Waals surface area (Å²) in [6, 6.07) is 7.13.